The van der Waals surface area contributed by atoms with Crippen molar-refractivity contribution in [2.45, 2.75) is 63.7 Å². The number of rotatable bonds is 7. The SMILES string of the molecule is CCNC(=NCCC(C)c1ccc(OC)cc1)NC1CC2CCC1O2.I. The maximum Gasteiger partial charge on any atom is 0.191 e. The van der Waals surface area contributed by atoms with Crippen LogP contribution in [0.25, 0.3) is 0 Å². The summed E-state index contributed by atoms with van der Waals surface area (Å²) in [6.07, 6.45) is 5.35. The zero-order chi connectivity index (χ0) is 17.6. The molecule has 1 aromatic rings. The van der Waals surface area contributed by atoms with Crippen LogP contribution in [0.15, 0.2) is 29.3 Å². The number of fused-ring (bicyclic) bond motifs is 2. The van der Waals surface area contributed by atoms with Crippen LogP contribution in [0.5, 0.6) is 5.75 Å². The van der Waals surface area contributed by atoms with E-state index < -0.39 is 0 Å². The van der Waals surface area contributed by atoms with Gasteiger partial charge in [0.15, 0.2) is 5.96 Å². The number of benzene rings is 1. The molecule has 2 saturated heterocycles. The van der Waals surface area contributed by atoms with Gasteiger partial charge in [-0.2, -0.15) is 0 Å². The van der Waals surface area contributed by atoms with E-state index in [-0.39, 0.29) is 24.0 Å². The van der Waals surface area contributed by atoms with Gasteiger partial charge < -0.3 is 20.1 Å². The van der Waals surface area contributed by atoms with Crippen LogP contribution in [0.4, 0.5) is 0 Å². The third kappa shape index (κ3) is 5.49. The third-order valence-corrected chi connectivity index (χ3v) is 5.29. The molecule has 4 unspecified atom stereocenters. The summed E-state index contributed by atoms with van der Waals surface area (Å²) in [5, 5.41) is 6.94. The highest BCUT2D eigenvalue weighted by Crippen LogP contribution is 2.34. The molecule has 26 heavy (non-hydrogen) atoms. The van der Waals surface area contributed by atoms with E-state index in [0.717, 1.165) is 37.6 Å². The largest absolute Gasteiger partial charge is 0.497 e. The van der Waals surface area contributed by atoms with Crippen LogP contribution < -0.4 is 15.4 Å². The van der Waals surface area contributed by atoms with E-state index in [0.29, 0.717) is 24.2 Å². The summed E-state index contributed by atoms with van der Waals surface area (Å²) >= 11 is 0. The van der Waals surface area contributed by atoms with E-state index >= 15 is 0 Å². The fourth-order valence-corrected chi connectivity index (χ4v) is 3.75. The molecule has 1 aromatic carbocycles. The molecule has 6 heteroatoms. The molecule has 2 bridgehead atoms. The monoisotopic (exact) mass is 473 g/mol. The van der Waals surface area contributed by atoms with Crippen molar-refractivity contribution in [3.63, 3.8) is 0 Å². The van der Waals surface area contributed by atoms with Crippen LogP contribution in [0.3, 0.4) is 0 Å². The number of aliphatic imine (C=N–C) groups is 1. The summed E-state index contributed by atoms with van der Waals surface area (Å²) in [4.78, 5) is 4.77. The molecule has 0 aliphatic carbocycles. The molecule has 0 aromatic heterocycles. The predicted molar refractivity (Wildman–Crippen MR) is 117 cm³/mol. The van der Waals surface area contributed by atoms with Gasteiger partial charge >= 0.3 is 0 Å². The first-order valence-corrected chi connectivity index (χ1v) is 9.53. The van der Waals surface area contributed by atoms with Crippen molar-refractivity contribution in [1.82, 2.24) is 10.6 Å². The molecular weight excluding hydrogens is 441 g/mol. The van der Waals surface area contributed by atoms with E-state index in [1.54, 1.807) is 7.11 Å². The Morgan fingerprint density at radius 3 is 2.65 bits per heavy atom. The van der Waals surface area contributed by atoms with Gasteiger partial charge in [0, 0.05) is 13.1 Å². The van der Waals surface area contributed by atoms with Crippen molar-refractivity contribution in [3.8, 4) is 5.75 Å². The number of hydrogen-bond acceptors (Lipinski definition) is 3. The Morgan fingerprint density at radius 1 is 1.31 bits per heavy atom. The minimum absolute atomic E-state index is 0. The lowest BCUT2D eigenvalue weighted by Gasteiger charge is -2.22. The summed E-state index contributed by atoms with van der Waals surface area (Å²) in [6.45, 7) is 6.04. The molecular formula is C20H32IN3O2. The van der Waals surface area contributed by atoms with Crippen molar-refractivity contribution < 1.29 is 9.47 Å². The number of hydrogen-bond donors (Lipinski definition) is 2. The summed E-state index contributed by atoms with van der Waals surface area (Å²) in [5.74, 6) is 2.30. The van der Waals surface area contributed by atoms with E-state index in [4.69, 9.17) is 14.5 Å². The van der Waals surface area contributed by atoms with Crippen LogP contribution in [0, 0.1) is 0 Å². The molecule has 2 heterocycles. The van der Waals surface area contributed by atoms with Crippen molar-refractivity contribution in [1.29, 1.82) is 0 Å². The van der Waals surface area contributed by atoms with E-state index in [2.05, 4.69) is 36.6 Å². The van der Waals surface area contributed by atoms with Crippen molar-refractivity contribution in [2.75, 3.05) is 20.2 Å². The summed E-state index contributed by atoms with van der Waals surface area (Å²) in [7, 11) is 1.70. The summed E-state index contributed by atoms with van der Waals surface area (Å²) in [6, 6.07) is 8.74. The fraction of sp³-hybridized carbons (Fsp3) is 0.650. The van der Waals surface area contributed by atoms with Crippen LogP contribution in [0.2, 0.25) is 0 Å². The first-order valence-electron chi connectivity index (χ1n) is 9.53. The molecule has 4 atom stereocenters. The zero-order valence-corrected chi connectivity index (χ0v) is 18.4. The van der Waals surface area contributed by atoms with Crippen LogP contribution in [0.1, 0.15) is 51.0 Å². The highest BCUT2D eigenvalue weighted by Gasteiger charge is 2.41. The number of halogens is 1. The maximum absolute atomic E-state index is 5.93. The highest BCUT2D eigenvalue weighted by molar-refractivity contribution is 14.0. The molecule has 3 rings (SSSR count). The molecule has 0 saturated carbocycles. The molecule has 146 valence electrons. The molecule has 2 N–H and O–H groups in total. The molecule has 0 radical (unpaired) electrons. The second-order valence-corrected chi connectivity index (χ2v) is 7.08. The molecule has 5 nitrogen and oxygen atoms in total. The van der Waals surface area contributed by atoms with Crippen molar-refractivity contribution >= 4 is 29.9 Å². The number of methoxy groups -OCH3 is 1. The first-order chi connectivity index (χ1) is 12.2. The van der Waals surface area contributed by atoms with Gasteiger partial charge in [-0.15, -0.1) is 24.0 Å². The second kappa shape index (κ2) is 10.3. The average molecular weight is 473 g/mol. The number of guanidine groups is 1. The quantitative estimate of drug-likeness (QED) is 0.361. The van der Waals surface area contributed by atoms with Crippen LogP contribution in [-0.4, -0.2) is 44.4 Å². The van der Waals surface area contributed by atoms with Crippen molar-refractivity contribution in [2.24, 2.45) is 4.99 Å². The van der Waals surface area contributed by atoms with Gasteiger partial charge in [0.25, 0.3) is 0 Å². The second-order valence-electron chi connectivity index (χ2n) is 7.08. The molecule has 0 spiro atoms. The van der Waals surface area contributed by atoms with Gasteiger partial charge in [-0.1, -0.05) is 19.1 Å². The lowest BCUT2D eigenvalue weighted by molar-refractivity contribution is 0.0992. The minimum Gasteiger partial charge on any atom is -0.497 e. The number of ether oxygens (including phenoxy) is 2. The van der Waals surface area contributed by atoms with Crippen LogP contribution in [-0.2, 0) is 4.74 Å². The average Bonchev–Trinajstić information content (AvgIpc) is 3.25. The zero-order valence-electron chi connectivity index (χ0n) is 16.0. The van der Waals surface area contributed by atoms with Gasteiger partial charge in [-0.25, -0.2) is 0 Å². The molecule has 2 fully saturated rings. The maximum atomic E-state index is 5.93. The fourth-order valence-electron chi connectivity index (χ4n) is 3.75. The lowest BCUT2D eigenvalue weighted by Crippen LogP contribution is -2.47. The smallest absolute Gasteiger partial charge is 0.191 e. The minimum atomic E-state index is 0. The summed E-state index contributed by atoms with van der Waals surface area (Å²) in [5.41, 5.74) is 1.33. The van der Waals surface area contributed by atoms with Crippen LogP contribution >= 0.6 is 24.0 Å². The Kier molecular flexibility index (Phi) is 8.47. The van der Waals surface area contributed by atoms with E-state index in [9.17, 15) is 0 Å². The number of nitrogens with one attached hydrogen (secondary N) is 2. The van der Waals surface area contributed by atoms with E-state index in [1.807, 2.05) is 12.1 Å². The Labute approximate surface area is 174 Å². The standard InChI is InChI=1S/C20H31N3O2.HI/c1-4-21-20(23-18-13-17-9-10-19(18)25-17)22-12-11-14(2)15-5-7-16(24-3)8-6-15;/h5-8,14,17-19H,4,9-13H2,1-3H3,(H2,21,22,23);1H. The molecule has 2 aliphatic heterocycles. The highest BCUT2D eigenvalue weighted by atomic mass is 127. The van der Waals surface area contributed by atoms with Gasteiger partial charge in [-0.05, 0) is 56.2 Å². The van der Waals surface area contributed by atoms with Crippen molar-refractivity contribution in [3.05, 3.63) is 29.8 Å². The molecule has 0 amide bonds. The normalized spacial score (nSPS) is 25.5. The lowest BCUT2D eigenvalue weighted by atomic mass is 9.96. The Balaban J connectivity index is 0.00000243. The first kappa shape index (κ1) is 21.3. The Bertz CT molecular complexity index is 579. The Hall–Kier alpha value is -1.02. The number of nitrogens with zero attached hydrogens (tertiary/aromatic N) is 1. The van der Waals surface area contributed by atoms with Gasteiger partial charge in [0.2, 0.25) is 0 Å². The van der Waals surface area contributed by atoms with Gasteiger partial charge in [0.05, 0.1) is 25.4 Å². The van der Waals surface area contributed by atoms with Gasteiger partial charge in [-0.3, -0.25) is 4.99 Å². The van der Waals surface area contributed by atoms with E-state index in [1.165, 1.54) is 18.4 Å². The topological polar surface area (TPSA) is 54.9 Å². The Morgan fingerprint density at radius 2 is 2.08 bits per heavy atom. The third-order valence-electron chi connectivity index (χ3n) is 5.29. The molecule has 2 aliphatic rings. The summed E-state index contributed by atoms with van der Waals surface area (Å²) < 4.78 is 11.2. The predicted octanol–water partition coefficient (Wildman–Crippen LogP) is 3.68. The van der Waals surface area contributed by atoms with Gasteiger partial charge in [0.1, 0.15) is 5.75 Å².